The predicted octanol–water partition coefficient (Wildman–Crippen LogP) is 4.97. The number of anilines is 1. The summed E-state index contributed by atoms with van der Waals surface area (Å²) in [6.45, 7) is 6.56. The van der Waals surface area contributed by atoms with Gasteiger partial charge in [-0.1, -0.05) is 67.9 Å². The lowest BCUT2D eigenvalue weighted by atomic mass is 10.1. The summed E-state index contributed by atoms with van der Waals surface area (Å²) in [7, 11) is -3.69. The minimum Gasteiger partial charge on any atom is -0.354 e. The Bertz CT molecular complexity index is 1420. The Kier molecular flexibility index (Phi) is 8.09. The first-order valence-electron chi connectivity index (χ1n) is 12.5. The van der Waals surface area contributed by atoms with Gasteiger partial charge in [-0.2, -0.15) is 0 Å². The van der Waals surface area contributed by atoms with E-state index in [1.54, 1.807) is 31.2 Å². The van der Waals surface area contributed by atoms with E-state index in [-0.39, 0.29) is 37.2 Å². The highest BCUT2D eigenvalue weighted by Gasteiger charge is 2.35. The highest BCUT2D eigenvalue weighted by Crippen LogP contribution is 2.42. The van der Waals surface area contributed by atoms with E-state index in [9.17, 15) is 18.0 Å². The van der Waals surface area contributed by atoms with E-state index < -0.39 is 16.1 Å². The number of carbonyl (C=O) groups excluding carboxylic acids is 2. The molecule has 1 heterocycles. The summed E-state index contributed by atoms with van der Waals surface area (Å²) in [5.74, 6) is -0.197. The second kappa shape index (κ2) is 11.1. The molecule has 4 rings (SSSR count). The smallest absolute Gasteiger partial charge is 0.265 e. The van der Waals surface area contributed by atoms with Gasteiger partial charge in [0.15, 0.2) is 0 Å². The van der Waals surface area contributed by atoms with Gasteiger partial charge in [0.05, 0.1) is 10.6 Å². The van der Waals surface area contributed by atoms with E-state index in [4.69, 9.17) is 11.6 Å². The molecule has 1 atom stereocenters. The minimum atomic E-state index is -3.69. The number of sulfonamides is 1. The van der Waals surface area contributed by atoms with Crippen molar-refractivity contribution in [3.8, 4) is 0 Å². The van der Waals surface area contributed by atoms with Crippen molar-refractivity contribution in [3.63, 3.8) is 0 Å². The van der Waals surface area contributed by atoms with Crippen molar-refractivity contribution in [2.24, 2.45) is 5.92 Å². The number of rotatable bonds is 10. The fraction of sp³-hybridized carbons (Fsp3) is 0.357. The Morgan fingerprint density at radius 1 is 1.00 bits per heavy atom. The molecule has 1 aliphatic heterocycles. The standard InChI is InChI=1S/C28H32ClN3O4S/c1-19(2)17-30-28(34)20(3)31(18-22-9-4-5-12-23(22)29)26(33)15-8-16-32-24-13-6-10-21-11-7-14-25(27(21)24)37(32,35)36/h4-7,9-14,19-20H,8,15-18H2,1-3H3,(H,30,34)/t20-/m1/s1. The van der Waals surface area contributed by atoms with E-state index in [0.717, 1.165) is 10.9 Å². The van der Waals surface area contributed by atoms with E-state index >= 15 is 0 Å². The zero-order chi connectivity index (χ0) is 26.7. The average Bonchev–Trinajstić information content (AvgIpc) is 3.09. The van der Waals surface area contributed by atoms with Gasteiger partial charge in [-0.15, -0.1) is 0 Å². The molecule has 2 amide bonds. The second-order valence-electron chi connectivity index (χ2n) is 9.74. The van der Waals surface area contributed by atoms with Gasteiger partial charge in [0.2, 0.25) is 11.8 Å². The Labute approximate surface area is 223 Å². The lowest BCUT2D eigenvalue weighted by Crippen LogP contribution is -2.48. The molecule has 0 unspecified atom stereocenters. The molecule has 0 aliphatic carbocycles. The highest BCUT2D eigenvalue weighted by atomic mass is 35.5. The number of nitrogens with one attached hydrogen (secondary N) is 1. The number of amides is 2. The van der Waals surface area contributed by atoms with Crippen molar-refractivity contribution in [2.45, 2.75) is 51.1 Å². The van der Waals surface area contributed by atoms with Gasteiger partial charge in [0, 0.05) is 36.5 Å². The molecule has 0 bridgehead atoms. The maximum atomic E-state index is 13.4. The molecule has 37 heavy (non-hydrogen) atoms. The number of hydrogen-bond donors (Lipinski definition) is 1. The van der Waals surface area contributed by atoms with Crippen LogP contribution in [0.25, 0.3) is 10.8 Å². The third-order valence-corrected chi connectivity index (χ3v) is 8.81. The number of carbonyl (C=O) groups is 2. The molecule has 196 valence electrons. The summed E-state index contributed by atoms with van der Waals surface area (Å²) in [6.07, 6.45) is 0.395. The first-order valence-corrected chi connectivity index (χ1v) is 14.3. The van der Waals surface area contributed by atoms with Crippen LogP contribution in [0.3, 0.4) is 0 Å². The molecule has 0 radical (unpaired) electrons. The third-order valence-electron chi connectivity index (χ3n) is 6.58. The summed E-state index contributed by atoms with van der Waals surface area (Å²) < 4.78 is 27.9. The number of halogens is 1. The van der Waals surface area contributed by atoms with Crippen LogP contribution in [0.2, 0.25) is 5.02 Å². The number of nitrogens with zero attached hydrogens (tertiary/aromatic N) is 2. The fourth-order valence-corrected chi connectivity index (χ4v) is 6.51. The molecule has 0 aromatic heterocycles. The lowest BCUT2D eigenvalue weighted by molar-refractivity contribution is -0.140. The van der Waals surface area contributed by atoms with Crippen LogP contribution in [-0.2, 0) is 26.2 Å². The van der Waals surface area contributed by atoms with Gasteiger partial charge in [0.25, 0.3) is 10.0 Å². The lowest BCUT2D eigenvalue weighted by Gasteiger charge is -2.29. The summed E-state index contributed by atoms with van der Waals surface area (Å²) in [5, 5.41) is 4.99. The van der Waals surface area contributed by atoms with Gasteiger partial charge in [-0.25, -0.2) is 8.42 Å². The topological polar surface area (TPSA) is 86.8 Å². The fourth-order valence-electron chi connectivity index (χ4n) is 4.56. The SMILES string of the molecule is CC(C)CNC(=O)[C@@H](C)N(Cc1ccccc1Cl)C(=O)CCCN1c2cccc3cccc(c23)S1(=O)=O. The highest BCUT2D eigenvalue weighted by molar-refractivity contribution is 7.93. The molecule has 9 heteroatoms. The maximum absolute atomic E-state index is 13.4. The van der Waals surface area contributed by atoms with Crippen LogP contribution in [0.4, 0.5) is 5.69 Å². The molecule has 1 N–H and O–H groups in total. The Hall–Kier alpha value is -3.10. The molecule has 3 aromatic rings. The van der Waals surface area contributed by atoms with Crippen LogP contribution >= 0.6 is 11.6 Å². The van der Waals surface area contributed by atoms with Crippen LogP contribution < -0.4 is 9.62 Å². The Balaban J connectivity index is 1.49. The van der Waals surface area contributed by atoms with Crippen molar-refractivity contribution in [3.05, 3.63) is 71.2 Å². The van der Waals surface area contributed by atoms with Crippen LogP contribution in [0, 0.1) is 5.92 Å². The normalized spacial score (nSPS) is 14.7. The first kappa shape index (κ1) is 26.9. The molecule has 0 spiro atoms. The van der Waals surface area contributed by atoms with Crippen molar-refractivity contribution in [1.29, 1.82) is 0 Å². The van der Waals surface area contributed by atoms with E-state index in [1.807, 2.05) is 50.2 Å². The van der Waals surface area contributed by atoms with E-state index in [1.165, 1.54) is 9.21 Å². The van der Waals surface area contributed by atoms with Crippen molar-refractivity contribution in [1.82, 2.24) is 10.2 Å². The molecule has 0 saturated carbocycles. The van der Waals surface area contributed by atoms with Gasteiger partial charge in [-0.3, -0.25) is 13.9 Å². The van der Waals surface area contributed by atoms with Gasteiger partial charge >= 0.3 is 0 Å². The van der Waals surface area contributed by atoms with Crippen LogP contribution in [0.5, 0.6) is 0 Å². The molecule has 0 fully saturated rings. The van der Waals surface area contributed by atoms with Gasteiger partial charge < -0.3 is 10.2 Å². The van der Waals surface area contributed by atoms with Crippen LogP contribution in [-0.4, -0.2) is 44.3 Å². The number of hydrogen-bond acceptors (Lipinski definition) is 4. The van der Waals surface area contributed by atoms with Crippen molar-refractivity contribution >= 4 is 49.9 Å². The Morgan fingerprint density at radius 2 is 1.70 bits per heavy atom. The summed E-state index contributed by atoms with van der Waals surface area (Å²) in [5.41, 5.74) is 1.38. The molecular weight excluding hydrogens is 510 g/mol. The quantitative estimate of drug-likeness (QED) is 0.392. The van der Waals surface area contributed by atoms with E-state index in [2.05, 4.69) is 5.32 Å². The minimum absolute atomic E-state index is 0.0879. The Morgan fingerprint density at radius 3 is 2.41 bits per heavy atom. The third kappa shape index (κ3) is 5.60. The predicted molar refractivity (Wildman–Crippen MR) is 147 cm³/mol. The van der Waals surface area contributed by atoms with Crippen molar-refractivity contribution in [2.75, 3.05) is 17.4 Å². The summed E-state index contributed by atoms with van der Waals surface area (Å²) in [4.78, 5) is 28.1. The molecule has 3 aromatic carbocycles. The maximum Gasteiger partial charge on any atom is 0.265 e. The van der Waals surface area contributed by atoms with Crippen LogP contribution in [0.1, 0.15) is 39.2 Å². The average molecular weight is 542 g/mol. The zero-order valence-corrected chi connectivity index (χ0v) is 22.8. The molecule has 7 nitrogen and oxygen atoms in total. The monoisotopic (exact) mass is 541 g/mol. The molecular formula is C28H32ClN3O4S. The first-order chi connectivity index (χ1) is 17.6. The van der Waals surface area contributed by atoms with Gasteiger partial charge in [-0.05, 0) is 48.4 Å². The van der Waals surface area contributed by atoms with Crippen LogP contribution in [0.15, 0.2) is 65.6 Å². The van der Waals surface area contributed by atoms with Crippen molar-refractivity contribution < 1.29 is 18.0 Å². The summed E-state index contributed by atoms with van der Waals surface area (Å²) >= 11 is 6.35. The zero-order valence-electron chi connectivity index (χ0n) is 21.3. The second-order valence-corrected chi connectivity index (χ2v) is 12.0. The van der Waals surface area contributed by atoms with Gasteiger partial charge in [0.1, 0.15) is 6.04 Å². The molecule has 0 saturated heterocycles. The van der Waals surface area contributed by atoms with E-state index in [0.29, 0.717) is 34.0 Å². The number of benzene rings is 3. The molecule has 1 aliphatic rings. The largest absolute Gasteiger partial charge is 0.354 e. The summed E-state index contributed by atoms with van der Waals surface area (Å²) in [6, 6.07) is 17.3.